The molecule has 116 valence electrons. The molecule has 2 aromatic carbocycles. The van der Waals surface area contributed by atoms with Gasteiger partial charge in [0, 0.05) is 18.2 Å². The summed E-state index contributed by atoms with van der Waals surface area (Å²) in [6, 6.07) is 17.9. The highest BCUT2D eigenvalue weighted by Crippen LogP contribution is 2.47. The SMILES string of the molecule is Cc1cn(C2(Cc3ccccc3O)CC2)nc1-c1ccccc1. The van der Waals surface area contributed by atoms with Crippen LogP contribution in [0.4, 0.5) is 0 Å². The van der Waals surface area contributed by atoms with E-state index in [0.29, 0.717) is 5.75 Å². The molecular weight excluding hydrogens is 284 g/mol. The lowest BCUT2D eigenvalue weighted by atomic mass is 10.0. The molecule has 0 atom stereocenters. The molecule has 23 heavy (non-hydrogen) atoms. The molecule has 0 unspecified atom stereocenters. The van der Waals surface area contributed by atoms with Crippen LogP contribution >= 0.6 is 0 Å². The minimum atomic E-state index is 0.0244. The van der Waals surface area contributed by atoms with Crippen LogP contribution in [0.3, 0.4) is 0 Å². The van der Waals surface area contributed by atoms with Crippen LogP contribution in [0.5, 0.6) is 5.75 Å². The Kier molecular flexibility index (Phi) is 3.22. The average Bonchev–Trinajstić information content (AvgIpc) is 3.25. The van der Waals surface area contributed by atoms with Crippen LogP contribution in [0, 0.1) is 6.92 Å². The smallest absolute Gasteiger partial charge is 0.118 e. The molecular formula is C20H20N2O. The van der Waals surface area contributed by atoms with E-state index in [1.54, 1.807) is 6.07 Å². The molecule has 0 amide bonds. The molecule has 1 aromatic heterocycles. The standard InChI is InChI=1S/C20H20N2O/c1-15-14-22(21-19(15)16-7-3-2-4-8-16)20(11-12-20)13-17-9-5-6-10-18(17)23/h2-10,14,23H,11-13H2,1H3. The third-order valence-electron chi connectivity index (χ3n) is 4.77. The lowest BCUT2D eigenvalue weighted by Gasteiger charge is -2.17. The maximum absolute atomic E-state index is 10.1. The Balaban J connectivity index is 1.67. The molecule has 0 radical (unpaired) electrons. The van der Waals surface area contributed by atoms with Crippen LogP contribution in [-0.4, -0.2) is 14.9 Å². The van der Waals surface area contributed by atoms with Gasteiger partial charge in [0.2, 0.25) is 0 Å². The van der Waals surface area contributed by atoms with Gasteiger partial charge in [-0.15, -0.1) is 0 Å². The Labute approximate surface area is 136 Å². The van der Waals surface area contributed by atoms with Crippen molar-refractivity contribution in [2.24, 2.45) is 0 Å². The topological polar surface area (TPSA) is 38.0 Å². The molecule has 0 bridgehead atoms. The Morgan fingerprint density at radius 3 is 2.43 bits per heavy atom. The minimum Gasteiger partial charge on any atom is -0.508 e. The van der Waals surface area contributed by atoms with Gasteiger partial charge in [0.25, 0.3) is 0 Å². The summed E-state index contributed by atoms with van der Waals surface area (Å²) in [6.45, 7) is 2.11. The van der Waals surface area contributed by atoms with Crippen LogP contribution < -0.4 is 0 Å². The minimum absolute atomic E-state index is 0.0244. The average molecular weight is 304 g/mol. The molecule has 1 aliphatic rings. The third kappa shape index (κ3) is 2.52. The van der Waals surface area contributed by atoms with E-state index in [-0.39, 0.29) is 5.54 Å². The number of para-hydroxylation sites is 1. The molecule has 1 heterocycles. The number of phenols is 1. The van der Waals surface area contributed by atoms with Crippen molar-refractivity contribution in [3.63, 3.8) is 0 Å². The van der Waals surface area contributed by atoms with Crippen molar-refractivity contribution < 1.29 is 5.11 Å². The van der Waals surface area contributed by atoms with E-state index < -0.39 is 0 Å². The van der Waals surface area contributed by atoms with Crippen LogP contribution in [0.2, 0.25) is 0 Å². The molecule has 0 spiro atoms. The first-order valence-electron chi connectivity index (χ1n) is 8.07. The molecule has 3 aromatic rings. The molecule has 1 aliphatic carbocycles. The maximum atomic E-state index is 10.1. The number of nitrogens with zero attached hydrogens (tertiary/aromatic N) is 2. The van der Waals surface area contributed by atoms with Crippen molar-refractivity contribution in [1.29, 1.82) is 0 Å². The highest BCUT2D eigenvalue weighted by molar-refractivity contribution is 5.62. The number of phenolic OH excluding ortho intramolecular Hbond substituents is 1. The second-order valence-corrected chi connectivity index (χ2v) is 6.50. The van der Waals surface area contributed by atoms with Gasteiger partial charge in [0.05, 0.1) is 11.2 Å². The number of hydrogen-bond donors (Lipinski definition) is 1. The van der Waals surface area contributed by atoms with Gasteiger partial charge in [-0.3, -0.25) is 4.68 Å². The summed E-state index contributed by atoms with van der Waals surface area (Å²) in [5.74, 6) is 0.380. The van der Waals surface area contributed by atoms with Gasteiger partial charge >= 0.3 is 0 Å². The van der Waals surface area contributed by atoms with Gasteiger partial charge in [-0.2, -0.15) is 5.10 Å². The fourth-order valence-electron chi connectivity index (χ4n) is 3.23. The lowest BCUT2D eigenvalue weighted by Crippen LogP contribution is -2.20. The number of aromatic nitrogens is 2. The summed E-state index contributed by atoms with van der Waals surface area (Å²) in [5, 5.41) is 14.9. The van der Waals surface area contributed by atoms with Gasteiger partial charge in [0.1, 0.15) is 5.75 Å². The van der Waals surface area contributed by atoms with Crippen molar-refractivity contribution in [3.8, 4) is 17.0 Å². The van der Waals surface area contributed by atoms with E-state index in [0.717, 1.165) is 36.1 Å². The summed E-state index contributed by atoms with van der Waals surface area (Å²) in [4.78, 5) is 0. The van der Waals surface area contributed by atoms with Crippen molar-refractivity contribution in [2.75, 3.05) is 0 Å². The first-order chi connectivity index (χ1) is 11.2. The number of aryl methyl sites for hydroxylation is 1. The second kappa shape index (κ2) is 5.27. The highest BCUT2D eigenvalue weighted by Gasteiger charge is 2.46. The fourth-order valence-corrected chi connectivity index (χ4v) is 3.23. The van der Waals surface area contributed by atoms with Crippen molar-refractivity contribution in [1.82, 2.24) is 9.78 Å². The van der Waals surface area contributed by atoms with E-state index in [2.05, 4.69) is 29.9 Å². The first-order valence-corrected chi connectivity index (χ1v) is 8.07. The predicted molar refractivity (Wildman–Crippen MR) is 91.4 cm³/mol. The Morgan fingerprint density at radius 2 is 1.74 bits per heavy atom. The van der Waals surface area contributed by atoms with E-state index >= 15 is 0 Å². The largest absolute Gasteiger partial charge is 0.508 e. The van der Waals surface area contributed by atoms with Gasteiger partial charge in [-0.05, 0) is 37.0 Å². The van der Waals surface area contributed by atoms with Crippen LogP contribution in [0.15, 0.2) is 60.8 Å². The van der Waals surface area contributed by atoms with Crippen molar-refractivity contribution >= 4 is 0 Å². The molecule has 3 heteroatoms. The van der Waals surface area contributed by atoms with E-state index in [9.17, 15) is 5.11 Å². The van der Waals surface area contributed by atoms with E-state index in [1.165, 1.54) is 5.56 Å². The quantitative estimate of drug-likeness (QED) is 0.780. The summed E-state index contributed by atoms with van der Waals surface area (Å²) in [7, 11) is 0. The number of rotatable bonds is 4. The fraction of sp³-hybridized carbons (Fsp3) is 0.250. The monoisotopic (exact) mass is 304 g/mol. The van der Waals surface area contributed by atoms with Gasteiger partial charge in [-0.25, -0.2) is 0 Å². The predicted octanol–water partition coefficient (Wildman–Crippen LogP) is 4.30. The second-order valence-electron chi connectivity index (χ2n) is 6.50. The van der Waals surface area contributed by atoms with Gasteiger partial charge in [-0.1, -0.05) is 48.5 Å². The number of aromatic hydroxyl groups is 1. The van der Waals surface area contributed by atoms with E-state index in [4.69, 9.17) is 5.10 Å². The van der Waals surface area contributed by atoms with Crippen LogP contribution in [0.25, 0.3) is 11.3 Å². The zero-order valence-electron chi connectivity index (χ0n) is 13.2. The molecule has 0 aliphatic heterocycles. The Morgan fingerprint density at radius 1 is 1.04 bits per heavy atom. The molecule has 4 rings (SSSR count). The van der Waals surface area contributed by atoms with Gasteiger partial charge < -0.3 is 5.11 Å². The zero-order chi connectivity index (χ0) is 15.9. The summed E-state index contributed by atoms with van der Waals surface area (Å²) in [5.41, 5.74) is 4.42. The molecule has 1 fully saturated rings. The summed E-state index contributed by atoms with van der Waals surface area (Å²) in [6.07, 6.45) is 5.19. The van der Waals surface area contributed by atoms with Crippen LogP contribution in [-0.2, 0) is 12.0 Å². The molecule has 1 saturated carbocycles. The third-order valence-corrected chi connectivity index (χ3v) is 4.77. The Hall–Kier alpha value is -2.55. The van der Waals surface area contributed by atoms with E-state index in [1.807, 2.05) is 36.4 Å². The Bertz CT molecular complexity index is 832. The van der Waals surface area contributed by atoms with Gasteiger partial charge in [0.15, 0.2) is 0 Å². The lowest BCUT2D eigenvalue weighted by molar-refractivity contribution is 0.412. The zero-order valence-corrected chi connectivity index (χ0v) is 13.2. The highest BCUT2D eigenvalue weighted by atomic mass is 16.3. The summed E-state index contributed by atoms with van der Waals surface area (Å²) >= 11 is 0. The van der Waals surface area contributed by atoms with Crippen molar-refractivity contribution in [3.05, 3.63) is 71.9 Å². The first kappa shape index (κ1) is 14.1. The van der Waals surface area contributed by atoms with Crippen LogP contribution in [0.1, 0.15) is 24.0 Å². The normalized spacial score (nSPS) is 15.5. The maximum Gasteiger partial charge on any atom is 0.118 e. The molecule has 1 N–H and O–H groups in total. The number of hydrogen-bond acceptors (Lipinski definition) is 2. The van der Waals surface area contributed by atoms with Crippen molar-refractivity contribution in [2.45, 2.75) is 31.7 Å². The molecule has 3 nitrogen and oxygen atoms in total. The summed E-state index contributed by atoms with van der Waals surface area (Å²) < 4.78 is 2.12. The molecule has 0 saturated heterocycles. The number of benzene rings is 2.